The van der Waals surface area contributed by atoms with E-state index in [2.05, 4.69) is 10.2 Å². The van der Waals surface area contributed by atoms with Crippen molar-refractivity contribution in [3.05, 3.63) is 11.3 Å². The van der Waals surface area contributed by atoms with E-state index in [-0.39, 0.29) is 29.8 Å². The van der Waals surface area contributed by atoms with Crippen LogP contribution in [0, 0.1) is 12.8 Å². The van der Waals surface area contributed by atoms with Crippen molar-refractivity contribution in [2.24, 2.45) is 5.92 Å². The van der Waals surface area contributed by atoms with Crippen molar-refractivity contribution in [3.63, 3.8) is 0 Å². The topological polar surface area (TPSA) is 124 Å². The second-order valence-electron chi connectivity index (χ2n) is 5.11. The second-order valence-corrected chi connectivity index (χ2v) is 7.07. The lowest BCUT2D eigenvalue weighted by Crippen LogP contribution is -2.39. The average Bonchev–Trinajstić information content (AvgIpc) is 2.69. The molecule has 0 spiro atoms. The molecule has 0 saturated heterocycles. The lowest BCUT2D eigenvalue weighted by molar-refractivity contribution is 0.0367. The smallest absolute Gasteiger partial charge is 0.340 e. The van der Waals surface area contributed by atoms with Gasteiger partial charge in [0, 0.05) is 19.3 Å². The Hall–Kier alpha value is -1.45. The van der Waals surface area contributed by atoms with Gasteiger partial charge in [0.05, 0.1) is 6.10 Å². The molecule has 0 aliphatic heterocycles. The van der Waals surface area contributed by atoms with E-state index in [4.69, 9.17) is 5.11 Å². The highest BCUT2D eigenvalue weighted by molar-refractivity contribution is 7.89. The molecule has 20 heavy (non-hydrogen) atoms. The number of carbonyl (C=O) groups is 1. The number of sulfonamides is 1. The van der Waals surface area contributed by atoms with E-state index in [9.17, 15) is 18.3 Å². The number of rotatable bonds is 5. The van der Waals surface area contributed by atoms with Crippen LogP contribution in [0.15, 0.2) is 5.03 Å². The summed E-state index contributed by atoms with van der Waals surface area (Å²) in [4.78, 5) is 11.1. The Morgan fingerprint density at radius 2 is 2.10 bits per heavy atom. The molecular weight excluding hydrogens is 286 g/mol. The van der Waals surface area contributed by atoms with Crippen LogP contribution in [0.2, 0.25) is 0 Å². The number of carboxylic acids is 1. The largest absolute Gasteiger partial charge is 0.478 e. The van der Waals surface area contributed by atoms with E-state index >= 15 is 0 Å². The second kappa shape index (κ2) is 5.15. The molecular formula is C11H17N3O5S. The standard InChI is InChI=1S/C11H17N3O5S/c1-6-9(11(16)17)10(13-12-6)20(18,19)14(2)5-7-3-8(15)4-7/h7-8,15H,3-5H2,1-2H3,(H,12,13)(H,16,17). The number of aromatic carboxylic acids is 1. The van der Waals surface area contributed by atoms with Crippen molar-refractivity contribution < 1.29 is 23.4 Å². The fraction of sp³-hybridized carbons (Fsp3) is 0.636. The third-order valence-electron chi connectivity index (χ3n) is 3.51. The van der Waals surface area contributed by atoms with Gasteiger partial charge in [-0.1, -0.05) is 0 Å². The number of aryl methyl sites for hydroxylation is 1. The monoisotopic (exact) mass is 303 g/mol. The summed E-state index contributed by atoms with van der Waals surface area (Å²) in [6.45, 7) is 1.70. The zero-order valence-electron chi connectivity index (χ0n) is 11.2. The van der Waals surface area contributed by atoms with Crippen LogP contribution < -0.4 is 0 Å². The Kier molecular flexibility index (Phi) is 3.85. The Labute approximate surface area is 116 Å². The number of aliphatic hydroxyl groups is 1. The molecule has 3 N–H and O–H groups in total. The molecule has 9 heteroatoms. The van der Waals surface area contributed by atoms with E-state index in [1.165, 1.54) is 14.0 Å². The van der Waals surface area contributed by atoms with Gasteiger partial charge in [0.2, 0.25) is 5.03 Å². The third-order valence-corrected chi connectivity index (χ3v) is 5.26. The fourth-order valence-electron chi connectivity index (χ4n) is 2.30. The lowest BCUT2D eigenvalue weighted by atomic mass is 9.82. The molecule has 1 saturated carbocycles. The number of aromatic amines is 1. The highest BCUT2D eigenvalue weighted by Gasteiger charge is 2.35. The van der Waals surface area contributed by atoms with Crippen LogP contribution >= 0.6 is 0 Å². The van der Waals surface area contributed by atoms with Crippen LogP contribution in [-0.2, 0) is 10.0 Å². The van der Waals surface area contributed by atoms with Gasteiger partial charge in [0.25, 0.3) is 10.0 Å². The molecule has 0 bridgehead atoms. The number of hydrogen-bond donors (Lipinski definition) is 3. The van der Waals surface area contributed by atoms with Gasteiger partial charge in [-0.25, -0.2) is 13.2 Å². The highest BCUT2D eigenvalue weighted by atomic mass is 32.2. The van der Waals surface area contributed by atoms with Gasteiger partial charge >= 0.3 is 5.97 Å². The third kappa shape index (κ3) is 2.56. The maximum atomic E-state index is 12.3. The molecule has 0 radical (unpaired) electrons. The number of nitrogens with zero attached hydrogens (tertiary/aromatic N) is 2. The number of H-pyrrole nitrogens is 1. The number of carboxylic acid groups (broad SMARTS) is 1. The van der Waals surface area contributed by atoms with Crippen LogP contribution in [0.5, 0.6) is 0 Å². The SMILES string of the molecule is Cc1[nH]nc(S(=O)(=O)N(C)CC2CC(O)C2)c1C(=O)O. The zero-order valence-corrected chi connectivity index (χ0v) is 12.0. The van der Waals surface area contributed by atoms with Crippen molar-refractivity contribution in [2.45, 2.75) is 30.9 Å². The van der Waals surface area contributed by atoms with E-state index in [0.717, 1.165) is 4.31 Å². The number of aromatic nitrogens is 2. The van der Waals surface area contributed by atoms with Crippen LogP contribution in [0.3, 0.4) is 0 Å². The summed E-state index contributed by atoms with van der Waals surface area (Å²) in [5.74, 6) is -1.24. The minimum atomic E-state index is -3.95. The Morgan fingerprint density at radius 3 is 2.60 bits per heavy atom. The minimum Gasteiger partial charge on any atom is -0.478 e. The van der Waals surface area contributed by atoms with Gasteiger partial charge in [-0.15, -0.1) is 0 Å². The fourth-order valence-corrected chi connectivity index (χ4v) is 3.67. The van der Waals surface area contributed by atoms with Crippen LogP contribution in [0.25, 0.3) is 0 Å². The number of nitrogens with one attached hydrogen (secondary N) is 1. The normalized spacial score (nSPS) is 22.8. The van der Waals surface area contributed by atoms with Gasteiger partial charge in [-0.05, 0) is 25.7 Å². The van der Waals surface area contributed by atoms with E-state index in [0.29, 0.717) is 12.8 Å². The van der Waals surface area contributed by atoms with Crippen molar-refractivity contribution in [2.75, 3.05) is 13.6 Å². The zero-order chi connectivity index (χ0) is 15.1. The minimum absolute atomic E-state index is 0.0955. The summed E-state index contributed by atoms with van der Waals surface area (Å²) >= 11 is 0. The first-order valence-electron chi connectivity index (χ1n) is 6.16. The molecule has 1 aromatic rings. The van der Waals surface area contributed by atoms with Crippen LogP contribution in [0.1, 0.15) is 28.9 Å². The summed E-state index contributed by atoms with van der Waals surface area (Å²) < 4.78 is 25.8. The van der Waals surface area contributed by atoms with Gasteiger partial charge in [0.15, 0.2) is 0 Å². The van der Waals surface area contributed by atoms with Crippen molar-refractivity contribution in [1.82, 2.24) is 14.5 Å². The summed E-state index contributed by atoms with van der Waals surface area (Å²) in [6, 6.07) is 0. The lowest BCUT2D eigenvalue weighted by Gasteiger charge is -2.33. The first-order valence-corrected chi connectivity index (χ1v) is 7.60. The predicted octanol–water partition coefficient (Wildman–Crippen LogP) is -0.192. The maximum absolute atomic E-state index is 12.3. The Morgan fingerprint density at radius 1 is 1.50 bits per heavy atom. The summed E-state index contributed by atoms with van der Waals surface area (Å²) in [7, 11) is -2.57. The molecule has 0 amide bonds. The highest BCUT2D eigenvalue weighted by Crippen LogP contribution is 2.29. The average molecular weight is 303 g/mol. The number of hydrogen-bond acceptors (Lipinski definition) is 5. The molecule has 0 aromatic carbocycles. The molecule has 112 valence electrons. The van der Waals surface area contributed by atoms with Crippen molar-refractivity contribution >= 4 is 16.0 Å². The Bertz CT molecular complexity index is 618. The molecule has 1 aromatic heterocycles. The summed E-state index contributed by atoms with van der Waals surface area (Å²) in [5, 5.41) is 23.8. The van der Waals surface area contributed by atoms with Crippen molar-refractivity contribution in [3.8, 4) is 0 Å². The maximum Gasteiger partial charge on any atom is 0.340 e. The van der Waals surface area contributed by atoms with Gasteiger partial charge in [0.1, 0.15) is 5.56 Å². The van der Waals surface area contributed by atoms with Crippen LogP contribution in [0.4, 0.5) is 0 Å². The molecule has 1 fully saturated rings. The van der Waals surface area contributed by atoms with Gasteiger partial charge < -0.3 is 10.2 Å². The van der Waals surface area contributed by atoms with E-state index in [1.807, 2.05) is 0 Å². The molecule has 0 atom stereocenters. The van der Waals surface area contributed by atoms with E-state index < -0.39 is 21.0 Å². The Balaban J connectivity index is 2.24. The summed E-state index contributed by atoms with van der Waals surface area (Å²) in [6.07, 6.45) is 0.759. The van der Waals surface area contributed by atoms with Gasteiger partial charge in [-0.3, -0.25) is 5.10 Å². The molecule has 8 nitrogen and oxygen atoms in total. The first kappa shape index (κ1) is 14.9. The molecule has 1 heterocycles. The number of aliphatic hydroxyl groups excluding tert-OH is 1. The van der Waals surface area contributed by atoms with Gasteiger partial charge in [-0.2, -0.15) is 9.40 Å². The molecule has 1 aliphatic rings. The predicted molar refractivity (Wildman–Crippen MR) is 68.8 cm³/mol. The first-order chi connectivity index (χ1) is 9.23. The quantitative estimate of drug-likeness (QED) is 0.692. The molecule has 0 unspecified atom stereocenters. The van der Waals surface area contributed by atoms with E-state index in [1.54, 1.807) is 0 Å². The van der Waals surface area contributed by atoms with Crippen molar-refractivity contribution in [1.29, 1.82) is 0 Å². The molecule has 2 rings (SSSR count). The molecule has 1 aliphatic carbocycles. The summed E-state index contributed by atoms with van der Waals surface area (Å²) in [5.41, 5.74) is -0.131. The van der Waals surface area contributed by atoms with Crippen LogP contribution in [-0.4, -0.2) is 58.8 Å².